The van der Waals surface area contributed by atoms with Gasteiger partial charge in [-0.1, -0.05) is 6.07 Å². The highest BCUT2D eigenvalue weighted by atomic mass is 16.5. The van der Waals surface area contributed by atoms with Crippen LogP contribution in [0.4, 0.5) is 22.7 Å². The van der Waals surface area contributed by atoms with Crippen molar-refractivity contribution in [2.24, 2.45) is 20.5 Å². The third-order valence-electron chi connectivity index (χ3n) is 3.11. The van der Waals surface area contributed by atoms with E-state index in [1.165, 1.54) is 7.11 Å². The van der Waals surface area contributed by atoms with Gasteiger partial charge in [-0.3, -0.25) is 0 Å². The molecule has 0 saturated carbocycles. The van der Waals surface area contributed by atoms with Gasteiger partial charge in [0.05, 0.1) is 12.8 Å². The van der Waals surface area contributed by atoms with Gasteiger partial charge < -0.3 is 4.74 Å². The van der Waals surface area contributed by atoms with Crippen LogP contribution in [0.15, 0.2) is 50.9 Å². The average molecular weight is 297 g/mol. The highest BCUT2D eigenvalue weighted by molar-refractivity contribution is 5.64. The molecule has 0 bridgehead atoms. The van der Waals surface area contributed by atoms with E-state index in [0.29, 0.717) is 22.8 Å². The van der Waals surface area contributed by atoms with Crippen LogP contribution in [0.1, 0.15) is 11.1 Å². The summed E-state index contributed by atoms with van der Waals surface area (Å²) in [6, 6.07) is 8.51. The number of hydrogen-bond donors (Lipinski definition) is 1. The number of nitroso groups, excluding NO2 is 1. The Balaban J connectivity index is 2.42. The lowest BCUT2D eigenvalue weighted by Gasteiger charge is -2.06. The summed E-state index contributed by atoms with van der Waals surface area (Å²) in [5.74, 6) is 0.437. The van der Waals surface area contributed by atoms with Gasteiger partial charge in [0.1, 0.15) is 22.8 Å². The average Bonchev–Trinajstić information content (AvgIpc) is 2.54. The largest absolute Gasteiger partial charge is 0.494 e. The quantitative estimate of drug-likeness (QED) is 0.558. The van der Waals surface area contributed by atoms with Crippen molar-refractivity contribution in [2.75, 3.05) is 7.11 Å². The minimum absolute atomic E-state index is 0.242. The van der Waals surface area contributed by atoms with E-state index in [2.05, 4.69) is 20.5 Å². The maximum Gasteiger partial charge on any atom is 0.148 e. The Labute approximate surface area is 127 Å². The molecule has 1 N–H and O–H groups in total. The Morgan fingerprint density at radius 2 is 1.68 bits per heavy atom. The van der Waals surface area contributed by atoms with E-state index in [9.17, 15) is 4.91 Å². The summed E-state index contributed by atoms with van der Waals surface area (Å²) in [5, 5.41) is 14.6. The zero-order valence-electron chi connectivity index (χ0n) is 12.5. The van der Waals surface area contributed by atoms with Gasteiger partial charge in [0.25, 0.3) is 0 Å². The first-order valence-electron chi connectivity index (χ1n) is 6.51. The first-order chi connectivity index (χ1) is 10.6. The van der Waals surface area contributed by atoms with E-state index >= 15 is 0 Å². The number of methoxy groups -OCH3 is 1. The molecule has 0 radical (unpaired) electrons. The molecule has 22 heavy (non-hydrogen) atoms. The molecule has 2 rings (SSSR count). The summed E-state index contributed by atoms with van der Waals surface area (Å²) < 4.78 is 5.16. The first-order valence-corrected chi connectivity index (χ1v) is 6.51. The van der Waals surface area contributed by atoms with Gasteiger partial charge >= 0.3 is 0 Å². The van der Waals surface area contributed by atoms with Gasteiger partial charge in [0, 0.05) is 6.07 Å². The lowest BCUT2D eigenvalue weighted by atomic mass is 10.1. The molecule has 0 aliphatic carbocycles. The molecule has 0 fully saturated rings. The predicted molar refractivity (Wildman–Crippen MR) is 83.3 cm³/mol. The standard InChI is InChI=1S/C15H15N5O2/c1-9-4-5-11(13(6-9)20-21)18-19-12-8-15(22-3)14(17-16)7-10(12)2/h4-8,16H,1-3H3. The Kier molecular flexibility index (Phi) is 4.67. The fourth-order valence-electron chi connectivity index (χ4n) is 1.92. The third kappa shape index (κ3) is 3.20. The van der Waals surface area contributed by atoms with Crippen LogP contribution in [-0.4, -0.2) is 7.11 Å². The maximum absolute atomic E-state index is 10.8. The van der Waals surface area contributed by atoms with Crippen LogP contribution in [-0.2, 0) is 0 Å². The molecule has 0 saturated heterocycles. The number of aryl methyl sites for hydroxylation is 2. The molecular formula is C15H15N5O2. The molecule has 2 aromatic carbocycles. The van der Waals surface area contributed by atoms with Crippen molar-refractivity contribution >= 4 is 22.7 Å². The van der Waals surface area contributed by atoms with Crippen molar-refractivity contribution in [3.05, 3.63) is 46.4 Å². The molecule has 0 aliphatic heterocycles. The van der Waals surface area contributed by atoms with Crippen LogP contribution >= 0.6 is 0 Å². The lowest BCUT2D eigenvalue weighted by Crippen LogP contribution is -1.84. The van der Waals surface area contributed by atoms with Gasteiger partial charge in [-0.15, -0.1) is 10.0 Å². The summed E-state index contributed by atoms with van der Waals surface area (Å²) in [5.41, 5.74) is 10.5. The van der Waals surface area contributed by atoms with Crippen LogP contribution in [0.2, 0.25) is 0 Å². The highest BCUT2D eigenvalue weighted by Gasteiger charge is 2.08. The van der Waals surface area contributed by atoms with Crippen LogP contribution in [0, 0.1) is 24.3 Å². The second-order valence-corrected chi connectivity index (χ2v) is 4.71. The SMILES string of the molecule is COc1cc(N=Nc2ccc(C)cc2N=O)c(C)cc1N=N. The van der Waals surface area contributed by atoms with E-state index in [-0.39, 0.29) is 5.69 Å². The normalized spacial score (nSPS) is 10.7. The van der Waals surface area contributed by atoms with Crippen LogP contribution < -0.4 is 4.74 Å². The van der Waals surface area contributed by atoms with E-state index < -0.39 is 0 Å². The van der Waals surface area contributed by atoms with Crippen LogP contribution in [0.5, 0.6) is 5.75 Å². The fourth-order valence-corrected chi connectivity index (χ4v) is 1.92. The molecule has 0 spiro atoms. The third-order valence-corrected chi connectivity index (χ3v) is 3.11. The Hall–Kier alpha value is -2.96. The molecule has 0 aliphatic rings. The van der Waals surface area contributed by atoms with Crippen molar-refractivity contribution in [3.8, 4) is 5.75 Å². The van der Waals surface area contributed by atoms with E-state index in [0.717, 1.165) is 11.1 Å². The summed E-state index contributed by atoms with van der Waals surface area (Å²) in [4.78, 5) is 10.8. The van der Waals surface area contributed by atoms with Crippen molar-refractivity contribution in [2.45, 2.75) is 13.8 Å². The molecule has 0 atom stereocenters. The zero-order chi connectivity index (χ0) is 16.1. The molecule has 7 heteroatoms. The summed E-state index contributed by atoms with van der Waals surface area (Å²) in [6.45, 7) is 3.70. The number of rotatable bonds is 5. The molecule has 0 amide bonds. The smallest absolute Gasteiger partial charge is 0.148 e. The highest BCUT2D eigenvalue weighted by Crippen LogP contribution is 2.36. The minimum Gasteiger partial charge on any atom is -0.494 e. The second kappa shape index (κ2) is 6.66. The van der Waals surface area contributed by atoms with E-state index in [1.54, 1.807) is 24.3 Å². The number of azo groups is 1. The van der Waals surface area contributed by atoms with Gasteiger partial charge in [-0.25, -0.2) is 5.53 Å². The topological polar surface area (TPSA) is 99.6 Å². The summed E-state index contributed by atoms with van der Waals surface area (Å²) in [7, 11) is 1.49. The van der Waals surface area contributed by atoms with Crippen molar-refractivity contribution < 1.29 is 4.74 Å². The fraction of sp³-hybridized carbons (Fsp3) is 0.200. The number of hydrogen-bond acceptors (Lipinski definition) is 7. The first kappa shape index (κ1) is 15.4. The molecule has 0 aromatic heterocycles. The lowest BCUT2D eigenvalue weighted by molar-refractivity contribution is 0.415. The Bertz CT molecular complexity index is 756. The maximum atomic E-state index is 10.8. The molecule has 112 valence electrons. The molecular weight excluding hydrogens is 282 g/mol. The zero-order valence-corrected chi connectivity index (χ0v) is 12.5. The summed E-state index contributed by atoms with van der Waals surface area (Å²) in [6.07, 6.45) is 0. The van der Waals surface area contributed by atoms with Crippen molar-refractivity contribution in [1.82, 2.24) is 0 Å². The van der Waals surface area contributed by atoms with E-state index in [4.69, 9.17) is 10.3 Å². The summed E-state index contributed by atoms with van der Waals surface area (Å²) >= 11 is 0. The number of nitrogens with zero attached hydrogens (tertiary/aromatic N) is 4. The number of ether oxygens (including phenoxy) is 1. The van der Waals surface area contributed by atoms with Gasteiger partial charge in [-0.05, 0) is 48.4 Å². The van der Waals surface area contributed by atoms with Crippen LogP contribution in [0.25, 0.3) is 0 Å². The second-order valence-electron chi connectivity index (χ2n) is 4.71. The molecule has 2 aromatic rings. The predicted octanol–water partition coefficient (Wildman–Crippen LogP) is 5.79. The van der Waals surface area contributed by atoms with Crippen molar-refractivity contribution in [1.29, 1.82) is 5.53 Å². The Morgan fingerprint density at radius 1 is 0.955 bits per heavy atom. The number of nitrogens with one attached hydrogen (secondary N) is 1. The molecule has 7 nitrogen and oxygen atoms in total. The van der Waals surface area contributed by atoms with Gasteiger partial charge in [-0.2, -0.15) is 10.2 Å². The van der Waals surface area contributed by atoms with Gasteiger partial charge in [0.2, 0.25) is 0 Å². The number of benzene rings is 2. The molecule has 0 heterocycles. The van der Waals surface area contributed by atoms with E-state index in [1.807, 2.05) is 19.9 Å². The molecule has 0 unspecified atom stereocenters. The van der Waals surface area contributed by atoms with Crippen molar-refractivity contribution in [3.63, 3.8) is 0 Å². The van der Waals surface area contributed by atoms with Crippen LogP contribution in [0.3, 0.4) is 0 Å². The monoisotopic (exact) mass is 297 g/mol. The Morgan fingerprint density at radius 3 is 2.32 bits per heavy atom. The minimum atomic E-state index is 0.242. The van der Waals surface area contributed by atoms with Gasteiger partial charge in [0.15, 0.2) is 0 Å².